The molecule has 0 aliphatic carbocycles. The second kappa shape index (κ2) is 12.1. The maximum absolute atomic E-state index is 13.7. The van der Waals surface area contributed by atoms with E-state index < -0.39 is 18.1 Å². The number of nitrogens with one attached hydrogen (secondary N) is 3. The molecular weight excluding hydrogens is 518 g/mol. The van der Waals surface area contributed by atoms with Crippen molar-refractivity contribution < 1.29 is 19.1 Å². The van der Waals surface area contributed by atoms with E-state index in [2.05, 4.69) is 22.2 Å². The molecule has 3 amide bonds. The SMILES string of the molecule is Cc1cc(C(=O)N[C@H](C)C(=O)N2[C@@H](C(C)C#N)CC[C@H]2c2cccc(Cl)c2)ccc1OC1CC(C)NNC1=O. The van der Waals surface area contributed by atoms with Gasteiger partial charge < -0.3 is 15.0 Å². The quantitative estimate of drug-likeness (QED) is 0.480. The van der Waals surface area contributed by atoms with Crippen LogP contribution in [0.25, 0.3) is 0 Å². The Morgan fingerprint density at radius 3 is 2.67 bits per heavy atom. The minimum Gasteiger partial charge on any atom is -0.480 e. The van der Waals surface area contributed by atoms with Gasteiger partial charge in [0.25, 0.3) is 11.8 Å². The molecule has 2 saturated heterocycles. The number of amides is 3. The molecule has 0 saturated carbocycles. The number of carbonyl (C=O) groups is 3. The van der Waals surface area contributed by atoms with E-state index in [1.807, 2.05) is 32.0 Å². The molecule has 2 fully saturated rings. The number of hydrogen-bond donors (Lipinski definition) is 3. The molecular formula is C29H34ClN5O4. The van der Waals surface area contributed by atoms with E-state index in [4.69, 9.17) is 16.3 Å². The van der Waals surface area contributed by atoms with Crippen molar-refractivity contribution >= 4 is 29.3 Å². The summed E-state index contributed by atoms with van der Waals surface area (Å²) in [7, 11) is 0. The Balaban J connectivity index is 1.47. The number of nitriles is 1. The van der Waals surface area contributed by atoms with Crippen molar-refractivity contribution in [3.05, 3.63) is 64.2 Å². The summed E-state index contributed by atoms with van der Waals surface area (Å²) in [4.78, 5) is 40.7. The number of rotatable bonds is 7. The highest BCUT2D eigenvalue weighted by molar-refractivity contribution is 6.30. The van der Waals surface area contributed by atoms with Crippen molar-refractivity contribution in [1.29, 1.82) is 5.26 Å². The summed E-state index contributed by atoms with van der Waals surface area (Å²) in [5.74, 6) is -0.743. The van der Waals surface area contributed by atoms with Crippen LogP contribution in [0.15, 0.2) is 42.5 Å². The predicted molar refractivity (Wildman–Crippen MR) is 147 cm³/mol. The highest BCUT2D eigenvalue weighted by Crippen LogP contribution is 2.40. The fourth-order valence-electron chi connectivity index (χ4n) is 5.28. The molecule has 39 heavy (non-hydrogen) atoms. The van der Waals surface area contributed by atoms with Crippen LogP contribution in [0.4, 0.5) is 0 Å². The fraction of sp³-hybridized carbons (Fsp3) is 0.448. The molecule has 2 aliphatic heterocycles. The number of benzene rings is 2. The van der Waals surface area contributed by atoms with Crippen LogP contribution in [0, 0.1) is 24.2 Å². The van der Waals surface area contributed by atoms with Crippen molar-refractivity contribution in [2.75, 3.05) is 0 Å². The minimum absolute atomic E-state index is 0.0712. The summed E-state index contributed by atoms with van der Waals surface area (Å²) in [6.07, 6.45) is 1.28. The van der Waals surface area contributed by atoms with E-state index in [1.165, 1.54) is 0 Å². The fourth-order valence-corrected chi connectivity index (χ4v) is 5.48. The summed E-state index contributed by atoms with van der Waals surface area (Å²) in [5, 5.41) is 13.0. The minimum atomic E-state index is -0.818. The number of halogens is 1. The van der Waals surface area contributed by atoms with Gasteiger partial charge in [-0.05, 0) is 82.0 Å². The van der Waals surface area contributed by atoms with Crippen molar-refractivity contribution in [2.45, 2.75) is 77.2 Å². The average molecular weight is 552 g/mol. The van der Waals surface area contributed by atoms with Crippen LogP contribution in [0.2, 0.25) is 5.02 Å². The van der Waals surface area contributed by atoms with Crippen LogP contribution in [0.5, 0.6) is 5.75 Å². The highest BCUT2D eigenvalue weighted by Gasteiger charge is 2.42. The number of hydrogen-bond acceptors (Lipinski definition) is 6. The number of ether oxygens (including phenoxy) is 1. The Labute approximate surface area is 233 Å². The highest BCUT2D eigenvalue weighted by atomic mass is 35.5. The first-order valence-electron chi connectivity index (χ1n) is 13.2. The Morgan fingerprint density at radius 1 is 1.21 bits per heavy atom. The lowest BCUT2D eigenvalue weighted by Crippen LogP contribution is -2.56. The van der Waals surface area contributed by atoms with Gasteiger partial charge in [-0.1, -0.05) is 23.7 Å². The van der Waals surface area contributed by atoms with Crippen LogP contribution in [0.1, 0.15) is 67.6 Å². The maximum Gasteiger partial charge on any atom is 0.275 e. The van der Waals surface area contributed by atoms with Crippen molar-refractivity contribution in [3.8, 4) is 11.8 Å². The molecule has 0 spiro atoms. The number of hydrazine groups is 1. The van der Waals surface area contributed by atoms with Crippen LogP contribution >= 0.6 is 11.6 Å². The van der Waals surface area contributed by atoms with Gasteiger partial charge in [0.05, 0.1) is 18.0 Å². The van der Waals surface area contributed by atoms with Crippen LogP contribution < -0.4 is 20.9 Å². The summed E-state index contributed by atoms with van der Waals surface area (Å²) in [6, 6.07) is 13.4. The first kappa shape index (κ1) is 28.4. The third-order valence-corrected chi connectivity index (χ3v) is 7.66. The van der Waals surface area contributed by atoms with Gasteiger partial charge in [0, 0.05) is 29.1 Å². The number of carbonyl (C=O) groups excluding carboxylic acids is 3. The molecule has 10 heteroatoms. The van der Waals surface area contributed by atoms with E-state index in [9.17, 15) is 19.6 Å². The van der Waals surface area contributed by atoms with Gasteiger partial charge in [-0.15, -0.1) is 0 Å². The van der Waals surface area contributed by atoms with Gasteiger partial charge in [-0.25, -0.2) is 5.43 Å². The molecule has 9 nitrogen and oxygen atoms in total. The Morgan fingerprint density at radius 2 is 1.97 bits per heavy atom. The lowest BCUT2D eigenvalue weighted by molar-refractivity contribution is -0.136. The van der Waals surface area contributed by atoms with Gasteiger partial charge >= 0.3 is 0 Å². The third kappa shape index (κ3) is 6.35. The van der Waals surface area contributed by atoms with Crippen LogP contribution in [0.3, 0.4) is 0 Å². The summed E-state index contributed by atoms with van der Waals surface area (Å²) in [6.45, 7) is 7.22. The molecule has 0 bridgehead atoms. The first-order valence-corrected chi connectivity index (χ1v) is 13.6. The van der Waals surface area contributed by atoms with Gasteiger partial charge in [-0.3, -0.25) is 19.8 Å². The first-order chi connectivity index (χ1) is 18.6. The number of aryl methyl sites for hydroxylation is 1. The molecule has 2 aliphatic rings. The van der Waals surface area contributed by atoms with Crippen molar-refractivity contribution in [3.63, 3.8) is 0 Å². The number of likely N-dealkylation sites (tertiary alicyclic amines) is 1. The standard InChI is InChI=1S/C29H34ClN5O4/c1-16-12-21(8-11-25(16)39-26-13-18(3)33-34-28(26)37)27(36)32-19(4)29(38)35-23(17(2)15-31)9-10-24(35)20-6-5-7-22(30)14-20/h5-8,11-12,14,17-19,23-24,26,33H,9-10,13H2,1-4H3,(H,32,36)(H,34,37)/t17?,18?,19-,23-,24+,26?/m1/s1. The third-order valence-electron chi connectivity index (χ3n) is 7.42. The largest absolute Gasteiger partial charge is 0.480 e. The molecule has 0 aromatic heterocycles. The molecule has 2 aromatic rings. The van der Waals surface area contributed by atoms with E-state index in [0.717, 1.165) is 5.56 Å². The molecule has 0 radical (unpaired) electrons. The molecule has 4 rings (SSSR count). The second-order valence-electron chi connectivity index (χ2n) is 10.4. The summed E-state index contributed by atoms with van der Waals surface area (Å²) >= 11 is 6.22. The molecule has 206 valence electrons. The van der Waals surface area contributed by atoms with Crippen LogP contribution in [-0.4, -0.2) is 46.9 Å². The molecule has 2 heterocycles. The van der Waals surface area contributed by atoms with Gasteiger partial charge in [0.1, 0.15) is 11.8 Å². The monoisotopic (exact) mass is 551 g/mol. The zero-order valence-electron chi connectivity index (χ0n) is 22.5. The van der Waals surface area contributed by atoms with Gasteiger partial charge in [0.15, 0.2) is 6.10 Å². The number of nitrogens with zero attached hydrogens (tertiary/aromatic N) is 2. The van der Waals surface area contributed by atoms with E-state index >= 15 is 0 Å². The van der Waals surface area contributed by atoms with Gasteiger partial charge in [0.2, 0.25) is 5.91 Å². The van der Waals surface area contributed by atoms with E-state index in [0.29, 0.717) is 41.2 Å². The van der Waals surface area contributed by atoms with E-state index in [-0.39, 0.29) is 35.9 Å². The Kier molecular flexibility index (Phi) is 8.78. The smallest absolute Gasteiger partial charge is 0.275 e. The average Bonchev–Trinajstić information content (AvgIpc) is 3.36. The normalized spacial score (nSPS) is 24.3. The zero-order valence-corrected chi connectivity index (χ0v) is 23.3. The summed E-state index contributed by atoms with van der Waals surface area (Å²) in [5.41, 5.74) is 7.45. The summed E-state index contributed by atoms with van der Waals surface area (Å²) < 4.78 is 5.92. The molecule has 3 N–H and O–H groups in total. The molecule has 2 aromatic carbocycles. The molecule has 6 atom stereocenters. The second-order valence-corrected chi connectivity index (χ2v) is 10.9. The van der Waals surface area contributed by atoms with Crippen LogP contribution in [-0.2, 0) is 9.59 Å². The Bertz CT molecular complexity index is 1290. The van der Waals surface area contributed by atoms with Crippen molar-refractivity contribution in [2.24, 2.45) is 5.92 Å². The van der Waals surface area contributed by atoms with Crippen molar-refractivity contribution in [1.82, 2.24) is 21.1 Å². The Hall–Kier alpha value is -3.61. The van der Waals surface area contributed by atoms with Gasteiger partial charge in [-0.2, -0.15) is 5.26 Å². The lowest BCUT2D eigenvalue weighted by Gasteiger charge is -2.34. The van der Waals surface area contributed by atoms with E-state index in [1.54, 1.807) is 43.0 Å². The topological polar surface area (TPSA) is 124 Å². The molecule has 3 unspecified atom stereocenters. The maximum atomic E-state index is 13.7. The predicted octanol–water partition coefficient (Wildman–Crippen LogP) is 3.82. The lowest BCUT2D eigenvalue weighted by atomic mass is 10.0. The zero-order chi connectivity index (χ0) is 28.3.